The molecule has 3 atom stereocenters. The van der Waals surface area contributed by atoms with Crippen LogP contribution in [0.25, 0.3) is 11.3 Å². The number of piperidine rings is 1. The zero-order valence-corrected chi connectivity index (χ0v) is 20.6. The number of carboxylic acid groups (broad SMARTS) is 1. The van der Waals surface area contributed by atoms with E-state index in [0.29, 0.717) is 45.5 Å². The minimum Gasteiger partial charge on any atom is -0.475 e. The molecule has 36 heavy (non-hydrogen) atoms. The number of carbonyl (C=O) groups excluding carboxylic acids is 1. The highest BCUT2D eigenvalue weighted by Crippen LogP contribution is 2.47. The molecule has 11 heteroatoms. The molecule has 3 fully saturated rings. The maximum Gasteiger partial charge on any atom is 0.373 e. The number of aromatic nitrogens is 3. The predicted octanol–water partition coefficient (Wildman–Crippen LogP) is 5.37. The van der Waals surface area contributed by atoms with Gasteiger partial charge in [-0.2, -0.15) is 0 Å². The third-order valence-corrected chi connectivity index (χ3v) is 7.79. The quantitative estimate of drug-likeness (QED) is 0.421. The molecule has 1 N–H and O–H groups in total. The Bertz CT molecular complexity index is 1310. The van der Waals surface area contributed by atoms with E-state index in [2.05, 4.69) is 20.0 Å². The lowest BCUT2D eigenvalue weighted by atomic mass is 9.98. The van der Waals surface area contributed by atoms with Gasteiger partial charge in [-0.3, -0.25) is 0 Å². The second-order valence-corrected chi connectivity index (χ2v) is 10.3. The van der Waals surface area contributed by atoms with E-state index in [4.69, 9.17) is 37.6 Å². The summed E-state index contributed by atoms with van der Waals surface area (Å²) < 4.78 is 11.7. The van der Waals surface area contributed by atoms with Gasteiger partial charge in [0.2, 0.25) is 5.82 Å². The molecular formula is C25H22Cl2N4O5. The van der Waals surface area contributed by atoms with E-state index in [9.17, 15) is 9.59 Å². The van der Waals surface area contributed by atoms with E-state index in [1.807, 2.05) is 0 Å². The molecule has 4 heterocycles. The molecule has 2 aromatic heterocycles. The number of hydrogen-bond acceptors (Lipinski definition) is 8. The molecular weight excluding hydrogens is 507 g/mol. The standard InChI is InChI=1S/C25H22Cl2N4O5/c26-17-2-1-3-18(27)19(17)21-20(22(36-30-21)12-4-5-12)25(34)35-16-8-13-6-7-14(9-16)31(13)15-10-28-23(24(32)33)29-11-15/h1-3,10-14,16H,4-9H2,(H,32,33)/t13-,14+,16+. The Morgan fingerprint density at radius 1 is 1.03 bits per heavy atom. The number of carbonyl (C=O) groups is 2. The van der Waals surface area contributed by atoms with E-state index >= 15 is 0 Å². The molecule has 3 aliphatic rings. The number of esters is 1. The molecule has 186 valence electrons. The second-order valence-electron chi connectivity index (χ2n) is 9.50. The first-order valence-corrected chi connectivity index (χ1v) is 12.6. The Morgan fingerprint density at radius 3 is 2.25 bits per heavy atom. The third kappa shape index (κ3) is 4.10. The van der Waals surface area contributed by atoms with Crippen molar-refractivity contribution in [2.75, 3.05) is 4.90 Å². The van der Waals surface area contributed by atoms with Crippen molar-refractivity contribution >= 4 is 40.8 Å². The highest BCUT2D eigenvalue weighted by molar-refractivity contribution is 6.39. The number of aromatic carboxylic acids is 1. The van der Waals surface area contributed by atoms with Gasteiger partial charge in [-0.25, -0.2) is 19.6 Å². The average Bonchev–Trinajstić information content (AvgIpc) is 3.55. The molecule has 1 aliphatic carbocycles. The predicted molar refractivity (Wildman–Crippen MR) is 131 cm³/mol. The number of ether oxygens (including phenoxy) is 1. The van der Waals surface area contributed by atoms with Crippen molar-refractivity contribution in [3.05, 3.63) is 57.8 Å². The number of fused-ring (bicyclic) bond motifs is 2. The normalized spacial score (nSPS) is 23.1. The van der Waals surface area contributed by atoms with Crippen LogP contribution in [-0.2, 0) is 4.74 Å². The largest absolute Gasteiger partial charge is 0.475 e. The van der Waals surface area contributed by atoms with Gasteiger partial charge in [0, 0.05) is 36.4 Å². The maximum atomic E-state index is 13.5. The number of halogens is 2. The van der Waals surface area contributed by atoms with Crippen LogP contribution in [0.15, 0.2) is 35.1 Å². The number of carboxylic acids is 1. The third-order valence-electron chi connectivity index (χ3n) is 7.16. The van der Waals surface area contributed by atoms with Crippen molar-refractivity contribution in [2.45, 2.75) is 62.6 Å². The SMILES string of the molecule is O=C(O)c1ncc(N2[C@@H]3CC[C@H]2C[C@@H](OC(=O)c2c(-c4c(Cl)cccc4Cl)noc2C2CC2)C3)cn1. The number of hydrogen-bond donors (Lipinski definition) is 1. The van der Waals surface area contributed by atoms with Gasteiger partial charge in [-0.1, -0.05) is 34.4 Å². The minimum absolute atomic E-state index is 0.141. The van der Waals surface area contributed by atoms with Gasteiger partial charge in [0.05, 0.1) is 28.1 Å². The lowest BCUT2D eigenvalue weighted by molar-refractivity contribution is 0.0202. The molecule has 0 amide bonds. The number of rotatable bonds is 6. The monoisotopic (exact) mass is 528 g/mol. The zero-order chi connectivity index (χ0) is 25.0. The maximum absolute atomic E-state index is 13.5. The summed E-state index contributed by atoms with van der Waals surface area (Å²) in [4.78, 5) is 34.8. The average molecular weight is 529 g/mol. The summed E-state index contributed by atoms with van der Waals surface area (Å²) in [6, 6.07) is 5.41. The Morgan fingerprint density at radius 2 is 1.67 bits per heavy atom. The zero-order valence-electron chi connectivity index (χ0n) is 19.1. The van der Waals surface area contributed by atoms with Crippen LogP contribution in [0.4, 0.5) is 5.69 Å². The van der Waals surface area contributed by atoms with E-state index in [1.54, 1.807) is 30.6 Å². The molecule has 2 aliphatic heterocycles. The summed E-state index contributed by atoms with van der Waals surface area (Å²) in [7, 11) is 0. The number of nitrogens with zero attached hydrogens (tertiary/aromatic N) is 4. The summed E-state index contributed by atoms with van der Waals surface area (Å²) >= 11 is 12.8. The Hall–Kier alpha value is -3.17. The van der Waals surface area contributed by atoms with Crippen molar-refractivity contribution in [1.29, 1.82) is 0 Å². The van der Waals surface area contributed by atoms with Crippen LogP contribution in [0.3, 0.4) is 0 Å². The summed E-state index contributed by atoms with van der Waals surface area (Å²) in [6.45, 7) is 0. The van der Waals surface area contributed by atoms with Crippen molar-refractivity contribution in [3.63, 3.8) is 0 Å². The van der Waals surface area contributed by atoms with E-state index < -0.39 is 11.9 Å². The summed E-state index contributed by atoms with van der Waals surface area (Å²) in [5.74, 6) is -1.20. The molecule has 9 nitrogen and oxygen atoms in total. The van der Waals surface area contributed by atoms with Crippen LogP contribution >= 0.6 is 23.2 Å². The highest BCUT2D eigenvalue weighted by atomic mass is 35.5. The first-order chi connectivity index (χ1) is 17.4. The molecule has 3 aromatic rings. The first kappa shape index (κ1) is 23.2. The van der Waals surface area contributed by atoms with Gasteiger partial charge in [-0.15, -0.1) is 0 Å². The summed E-state index contributed by atoms with van der Waals surface area (Å²) in [5, 5.41) is 14.0. The first-order valence-electron chi connectivity index (χ1n) is 11.9. The number of anilines is 1. The van der Waals surface area contributed by atoms with Crippen molar-refractivity contribution in [1.82, 2.24) is 15.1 Å². The van der Waals surface area contributed by atoms with Crippen molar-refractivity contribution < 1.29 is 24.0 Å². The topological polar surface area (TPSA) is 119 Å². The highest BCUT2D eigenvalue weighted by Gasteiger charge is 2.44. The van der Waals surface area contributed by atoms with Crippen LogP contribution in [0.2, 0.25) is 10.0 Å². The van der Waals surface area contributed by atoms with E-state index in [1.165, 1.54) is 0 Å². The Balaban J connectivity index is 1.23. The Kier molecular flexibility index (Phi) is 5.84. The summed E-state index contributed by atoms with van der Waals surface area (Å²) in [6.07, 6.45) is 7.86. The molecule has 0 spiro atoms. The summed E-state index contributed by atoms with van der Waals surface area (Å²) in [5.41, 5.74) is 1.86. The second kappa shape index (κ2) is 9.05. The smallest absolute Gasteiger partial charge is 0.373 e. The van der Waals surface area contributed by atoms with Gasteiger partial charge >= 0.3 is 11.9 Å². The van der Waals surface area contributed by atoms with Crippen molar-refractivity contribution in [2.24, 2.45) is 0 Å². The van der Waals surface area contributed by atoms with Crippen molar-refractivity contribution in [3.8, 4) is 11.3 Å². The molecule has 2 bridgehead atoms. The van der Waals surface area contributed by atoms with Crippen LogP contribution in [-0.4, -0.2) is 50.4 Å². The van der Waals surface area contributed by atoms with Crippen LogP contribution in [0, 0.1) is 0 Å². The van der Waals surface area contributed by atoms with Crippen LogP contribution in [0.5, 0.6) is 0 Å². The van der Waals surface area contributed by atoms with Crippen LogP contribution in [0.1, 0.15) is 71.2 Å². The van der Waals surface area contributed by atoms with E-state index in [0.717, 1.165) is 31.4 Å². The van der Waals surface area contributed by atoms with Gasteiger partial charge in [0.25, 0.3) is 0 Å². The molecule has 0 radical (unpaired) electrons. The molecule has 0 unspecified atom stereocenters. The lowest BCUT2D eigenvalue weighted by Crippen LogP contribution is -2.46. The minimum atomic E-state index is -1.16. The van der Waals surface area contributed by atoms with Gasteiger partial charge in [0.1, 0.15) is 17.4 Å². The molecule has 6 rings (SSSR count). The van der Waals surface area contributed by atoms with E-state index in [-0.39, 0.29) is 29.9 Å². The molecule has 2 saturated heterocycles. The van der Waals surface area contributed by atoms with Gasteiger partial charge in [0.15, 0.2) is 5.76 Å². The fourth-order valence-corrected chi connectivity index (χ4v) is 6.02. The molecule has 1 aromatic carbocycles. The van der Waals surface area contributed by atoms with Gasteiger partial charge in [-0.05, 0) is 37.8 Å². The fraction of sp³-hybridized carbons (Fsp3) is 0.400. The Labute approximate surface area is 216 Å². The fourth-order valence-electron chi connectivity index (χ4n) is 5.44. The van der Waals surface area contributed by atoms with Crippen LogP contribution < -0.4 is 4.90 Å². The lowest BCUT2D eigenvalue weighted by Gasteiger charge is -2.39. The number of benzene rings is 1. The molecule has 1 saturated carbocycles. The van der Waals surface area contributed by atoms with Gasteiger partial charge < -0.3 is 19.3 Å².